The van der Waals surface area contributed by atoms with Gasteiger partial charge in [0.05, 0.1) is 28.9 Å². The van der Waals surface area contributed by atoms with Crippen LogP contribution in [-0.4, -0.2) is 31.7 Å². The molecule has 170 valence electrons. The number of carbonyl (C=O) groups is 2. The Balaban J connectivity index is 1.50. The summed E-state index contributed by atoms with van der Waals surface area (Å²) in [5.41, 5.74) is 4.06. The van der Waals surface area contributed by atoms with Crippen LogP contribution in [-0.2, 0) is 4.79 Å². The van der Waals surface area contributed by atoms with Crippen LogP contribution in [0, 0.1) is 0 Å². The molecule has 33 heavy (non-hydrogen) atoms. The number of methoxy groups -OCH3 is 1. The second-order valence-electron chi connectivity index (χ2n) is 6.58. The highest BCUT2D eigenvalue weighted by Gasteiger charge is 2.12. The van der Waals surface area contributed by atoms with E-state index in [9.17, 15) is 9.59 Å². The number of carbonyl (C=O) groups excluding carboxylic acids is 2. The minimum absolute atomic E-state index is 0.182. The van der Waals surface area contributed by atoms with Crippen molar-refractivity contribution in [1.29, 1.82) is 0 Å². The Hall–Kier alpha value is -3.07. The van der Waals surface area contributed by atoms with Crippen molar-refractivity contribution in [2.75, 3.05) is 19.0 Å². The van der Waals surface area contributed by atoms with E-state index < -0.39 is 5.91 Å². The molecule has 0 saturated heterocycles. The van der Waals surface area contributed by atoms with Crippen LogP contribution >= 0.6 is 39.1 Å². The van der Waals surface area contributed by atoms with E-state index in [1.165, 1.54) is 13.3 Å². The number of rotatable bonds is 8. The maximum absolute atomic E-state index is 12.3. The normalized spacial score (nSPS) is 10.7. The fourth-order valence-electron chi connectivity index (χ4n) is 2.65. The summed E-state index contributed by atoms with van der Waals surface area (Å²) in [6, 6.07) is 16.8. The number of benzene rings is 3. The lowest BCUT2D eigenvalue weighted by molar-refractivity contribution is -0.118. The highest BCUT2D eigenvalue weighted by molar-refractivity contribution is 9.10. The molecule has 0 saturated carbocycles. The van der Waals surface area contributed by atoms with Gasteiger partial charge in [-0.2, -0.15) is 5.10 Å². The van der Waals surface area contributed by atoms with Crippen LogP contribution in [0.4, 0.5) is 5.69 Å². The van der Waals surface area contributed by atoms with Gasteiger partial charge in [-0.3, -0.25) is 9.59 Å². The first kappa shape index (κ1) is 24.6. The van der Waals surface area contributed by atoms with Crippen LogP contribution < -0.4 is 20.2 Å². The van der Waals surface area contributed by atoms with E-state index in [4.69, 9.17) is 32.7 Å². The van der Waals surface area contributed by atoms with Crippen LogP contribution in [0.2, 0.25) is 10.0 Å². The smallest absolute Gasteiger partial charge is 0.275 e. The van der Waals surface area contributed by atoms with Gasteiger partial charge in [-0.05, 0) is 66.2 Å². The second kappa shape index (κ2) is 11.7. The summed E-state index contributed by atoms with van der Waals surface area (Å²) in [5, 5.41) is 7.39. The van der Waals surface area contributed by atoms with Crippen molar-refractivity contribution in [3.8, 4) is 11.5 Å². The molecule has 0 aliphatic carbocycles. The molecule has 3 aromatic rings. The number of nitrogens with one attached hydrogen (secondary N) is 2. The SMILES string of the molecule is COc1ccc(Br)cc1C(=O)N/N=C\c1ccc(OCC(=O)Nc2ccc(Cl)c(Cl)c2)cc1. The zero-order valence-electron chi connectivity index (χ0n) is 17.3. The standard InChI is InChI=1S/C23H18BrCl2N3O4/c1-32-21-9-4-15(24)10-18(21)23(31)29-27-12-14-2-6-17(7-3-14)33-13-22(30)28-16-5-8-19(25)20(26)11-16/h2-12H,13H2,1H3,(H,28,30)(H,29,31)/b27-12-. The maximum Gasteiger partial charge on any atom is 0.275 e. The first-order chi connectivity index (χ1) is 15.9. The molecule has 3 rings (SSSR count). The Labute approximate surface area is 208 Å². The van der Waals surface area contributed by atoms with Gasteiger partial charge in [-0.25, -0.2) is 5.43 Å². The maximum atomic E-state index is 12.3. The Bertz CT molecular complexity index is 1190. The Morgan fingerprint density at radius 3 is 2.48 bits per heavy atom. The van der Waals surface area contributed by atoms with Gasteiger partial charge >= 0.3 is 0 Å². The van der Waals surface area contributed by atoms with Crippen LogP contribution in [0.5, 0.6) is 11.5 Å². The second-order valence-corrected chi connectivity index (χ2v) is 8.31. The molecule has 0 aromatic heterocycles. The summed E-state index contributed by atoms with van der Waals surface area (Å²) in [5.74, 6) is 0.192. The fourth-order valence-corrected chi connectivity index (χ4v) is 3.31. The van der Waals surface area contributed by atoms with Crippen molar-refractivity contribution < 1.29 is 19.1 Å². The third-order valence-corrected chi connectivity index (χ3v) is 5.47. The predicted molar refractivity (Wildman–Crippen MR) is 133 cm³/mol. The van der Waals surface area contributed by atoms with Gasteiger partial charge in [0.25, 0.3) is 11.8 Å². The summed E-state index contributed by atoms with van der Waals surface area (Å²) in [6.07, 6.45) is 1.49. The molecule has 0 unspecified atom stereocenters. The zero-order chi connectivity index (χ0) is 23.8. The Morgan fingerprint density at radius 2 is 1.79 bits per heavy atom. The number of nitrogens with zero attached hydrogens (tertiary/aromatic N) is 1. The fraction of sp³-hybridized carbons (Fsp3) is 0.0870. The molecule has 0 heterocycles. The van der Waals surface area contributed by atoms with Gasteiger partial charge in [-0.1, -0.05) is 39.1 Å². The summed E-state index contributed by atoms with van der Waals surface area (Å²) >= 11 is 15.1. The van der Waals surface area contributed by atoms with Gasteiger partial charge < -0.3 is 14.8 Å². The lowest BCUT2D eigenvalue weighted by Gasteiger charge is -2.08. The number of anilines is 1. The topological polar surface area (TPSA) is 89.0 Å². The largest absolute Gasteiger partial charge is 0.496 e. The molecular weight excluding hydrogens is 533 g/mol. The molecule has 0 aliphatic heterocycles. The van der Waals surface area contributed by atoms with E-state index >= 15 is 0 Å². The highest BCUT2D eigenvalue weighted by atomic mass is 79.9. The quantitative estimate of drug-likeness (QED) is 0.284. The highest BCUT2D eigenvalue weighted by Crippen LogP contribution is 2.25. The van der Waals surface area contributed by atoms with E-state index in [1.807, 2.05) is 0 Å². The molecule has 0 spiro atoms. The molecule has 3 aromatic carbocycles. The first-order valence-electron chi connectivity index (χ1n) is 9.50. The summed E-state index contributed by atoms with van der Waals surface area (Å²) in [6.45, 7) is -0.182. The van der Waals surface area contributed by atoms with E-state index in [-0.39, 0.29) is 12.5 Å². The van der Waals surface area contributed by atoms with E-state index in [2.05, 4.69) is 31.8 Å². The Morgan fingerprint density at radius 1 is 1.03 bits per heavy atom. The molecule has 10 heteroatoms. The van der Waals surface area contributed by atoms with Gasteiger partial charge in [0.1, 0.15) is 11.5 Å². The molecule has 0 atom stereocenters. The van der Waals surface area contributed by atoms with Crippen LogP contribution in [0.15, 0.2) is 70.2 Å². The predicted octanol–water partition coefficient (Wildman–Crippen LogP) is 5.55. The molecule has 7 nitrogen and oxygen atoms in total. The van der Waals surface area contributed by atoms with Crippen molar-refractivity contribution in [3.05, 3.63) is 86.3 Å². The lowest BCUT2D eigenvalue weighted by Crippen LogP contribution is -2.20. The molecule has 0 aliphatic rings. The zero-order valence-corrected chi connectivity index (χ0v) is 20.4. The number of ether oxygens (including phenoxy) is 2. The number of hydrogen-bond donors (Lipinski definition) is 2. The number of hydrazone groups is 1. The van der Waals surface area contributed by atoms with Gasteiger partial charge in [-0.15, -0.1) is 0 Å². The van der Waals surface area contributed by atoms with Crippen molar-refractivity contribution in [1.82, 2.24) is 5.43 Å². The third-order valence-electron chi connectivity index (χ3n) is 4.24. The van der Waals surface area contributed by atoms with Gasteiger partial charge in [0.2, 0.25) is 0 Å². The van der Waals surface area contributed by atoms with Crippen LogP contribution in [0.25, 0.3) is 0 Å². The monoisotopic (exact) mass is 549 g/mol. The summed E-state index contributed by atoms with van der Waals surface area (Å²) < 4.78 is 11.4. The minimum atomic E-state index is -0.405. The van der Waals surface area contributed by atoms with Crippen molar-refractivity contribution in [2.24, 2.45) is 5.10 Å². The van der Waals surface area contributed by atoms with Crippen molar-refractivity contribution in [3.63, 3.8) is 0 Å². The summed E-state index contributed by atoms with van der Waals surface area (Å²) in [4.78, 5) is 24.4. The van der Waals surface area contributed by atoms with Crippen molar-refractivity contribution in [2.45, 2.75) is 0 Å². The number of halogens is 3. The molecule has 0 radical (unpaired) electrons. The number of hydrogen-bond acceptors (Lipinski definition) is 5. The molecule has 0 fully saturated rings. The van der Waals surface area contributed by atoms with Crippen molar-refractivity contribution >= 4 is 62.8 Å². The average Bonchev–Trinajstić information content (AvgIpc) is 2.81. The van der Waals surface area contributed by atoms with E-state index in [0.717, 1.165) is 10.0 Å². The Kier molecular flexibility index (Phi) is 8.71. The van der Waals surface area contributed by atoms with Crippen LogP contribution in [0.3, 0.4) is 0 Å². The molecule has 2 N–H and O–H groups in total. The molecule has 0 bridgehead atoms. The first-order valence-corrected chi connectivity index (χ1v) is 11.1. The van der Waals surface area contributed by atoms with E-state index in [1.54, 1.807) is 60.7 Å². The minimum Gasteiger partial charge on any atom is -0.496 e. The third kappa shape index (κ3) is 7.21. The van der Waals surface area contributed by atoms with E-state index in [0.29, 0.717) is 32.8 Å². The molecular formula is C23H18BrCl2N3O4. The van der Waals surface area contributed by atoms with Gasteiger partial charge in [0.15, 0.2) is 6.61 Å². The van der Waals surface area contributed by atoms with Gasteiger partial charge in [0, 0.05) is 10.2 Å². The average molecular weight is 551 g/mol. The molecule has 2 amide bonds. The van der Waals surface area contributed by atoms with Crippen LogP contribution in [0.1, 0.15) is 15.9 Å². The number of amides is 2. The lowest BCUT2D eigenvalue weighted by atomic mass is 10.2. The summed E-state index contributed by atoms with van der Waals surface area (Å²) in [7, 11) is 1.49.